The summed E-state index contributed by atoms with van der Waals surface area (Å²) in [5.41, 5.74) is 1.87. The van der Waals surface area contributed by atoms with E-state index < -0.39 is 36.3 Å². The molecule has 1 aliphatic carbocycles. The van der Waals surface area contributed by atoms with Crippen molar-refractivity contribution < 1.29 is 94.5 Å². The van der Waals surface area contributed by atoms with Crippen molar-refractivity contribution in [3.05, 3.63) is 120 Å². The normalized spacial score (nSPS) is 16.4. The molecule has 0 radical (unpaired) electrons. The summed E-state index contributed by atoms with van der Waals surface area (Å²) in [5.74, 6) is 1.34. The van der Waals surface area contributed by atoms with Gasteiger partial charge in [0.1, 0.15) is 20.2 Å². The van der Waals surface area contributed by atoms with Gasteiger partial charge in [-0.3, -0.25) is 0 Å². The van der Waals surface area contributed by atoms with E-state index in [1.165, 1.54) is 12.2 Å². The van der Waals surface area contributed by atoms with Crippen molar-refractivity contribution in [1.82, 2.24) is 29.9 Å². The number of allylic oxidation sites excluding steroid dienone is 4. The van der Waals surface area contributed by atoms with E-state index in [-0.39, 0.29) is 88.6 Å². The van der Waals surface area contributed by atoms with E-state index in [0.717, 1.165) is 17.8 Å². The Morgan fingerprint density at radius 3 is 1.36 bits per heavy atom. The summed E-state index contributed by atoms with van der Waals surface area (Å²) in [7, 11) is -11.7. The van der Waals surface area contributed by atoms with Crippen LogP contribution in [0, 0.1) is 0 Å². The molecule has 0 bridgehead atoms. The molecule has 5 aromatic rings. The van der Waals surface area contributed by atoms with E-state index in [1.54, 1.807) is 36.4 Å². The van der Waals surface area contributed by atoms with Crippen molar-refractivity contribution in [3.8, 4) is 0 Å². The van der Waals surface area contributed by atoms with Crippen molar-refractivity contribution in [3.63, 3.8) is 0 Å². The Labute approximate surface area is 414 Å². The molecule has 2 aromatic heterocycles. The second kappa shape index (κ2) is 21.6. The van der Waals surface area contributed by atoms with Crippen LogP contribution in [0.4, 0.5) is 52.8 Å². The van der Waals surface area contributed by atoms with Crippen LogP contribution in [-0.2, 0) is 29.7 Å². The summed E-state index contributed by atoms with van der Waals surface area (Å²) in [4.78, 5) is 31.1. The topological polar surface area (TPSA) is 265 Å². The molecular weight excluding hydrogens is 887 g/mol. The Kier molecular flexibility index (Phi) is 16.5. The molecule has 0 saturated carbocycles. The molecule has 24 heteroatoms. The van der Waals surface area contributed by atoms with E-state index in [4.69, 9.17) is 9.47 Å². The van der Waals surface area contributed by atoms with Crippen LogP contribution in [0.3, 0.4) is 0 Å². The van der Waals surface area contributed by atoms with Gasteiger partial charge in [0.05, 0.1) is 26.4 Å². The molecule has 4 N–H and O–H groups in total. The number of hydrogen-bond donors (Lipinski definition) is 4. The van der Waals surface area contributed by atoms with Gasteiger partial charge in [0.15, 0.2) is 4.08 Å². The monoisotopic (exact) mass is 926 g/mol. The van der Waals surface area contributed by atoms with Crippen molar-refractivity contribution in [1.29, 1.82) is 0 Å². The maximum Gasteiger partial charge on any atom is 1.00 e. The Hall–Kier alpha value is -4.56. The minimum atomic E-state index is -5.86. The maximum atomic E-state index is 13.0. The number of anilines is 9. The second-order valence-corrected chi connectivity index (χ2v) is 17.6. The molecular formula is C40H40N12Na2O8S2. The predicted molar refractivity (Wildman–Crippen MR) is 230 cm³/mol. The van der Waals surface area contributed by atoms with Crippen molar-refractivity contribution in [2.24, 2.45) is 0 Å². The number of hydrogen-bond acceptors (Lipinski definition) is 20. The first-order valence-corrected chi connectivity index (χ1v) is 22.2. The molecule has 2 saturated heterocycles. The van der Waals surface area contributed by atoms with Crippen LogP contribution in [0.5, 0.6) is 0 Å². The minimum absolute atomic E-state index is 0. The SMILES string of the molecule is O=S(=O)([O-])C1(S(=O)(=O)[O-])CC(Nc2nc(Nc3ccccc3)nc(N3CCOCC3)n2)=CC=C1C=Cc1ccc(Nc2nc(Nc3ccccc3)nc(N3CCOCC3)n2)cc1.[Na+].[Na+]. The van der Waals surface area contributed by atoms with Crippen LogP contribution in [0.2, 0.25) is 0 Å². The summed E-state index contributed by atoms with van der Waals surface area (Å²) in [6, 6.07) is 25.2. The number of rotatable bonds is 14. The van der Waals surface area contributed by atoms with Crippen LogP contribution < -0.4 is 90.2 Å². The summed E-state index contributed by atoms with van der Waals surface area (Å²) in [6.07, 6.45) is 3.96. The Bertz CT molecular complexity index is 2680. The molecule has 0 spiro atoms. The Morgan fingerprint density at radius 1 is 0.531 bits per heavy atom. The van der Waals surface area contributed by atoms with Crippen LogP contribution >= 0.6 is 0 Å². The van der Waals surface area contributed by atoms with Crippen molar-refractivity contribution >= 4 is 79.1 Å². The molecule has 0 unspecified atom stereocenters. The third-order valence-corrected chi connectivity index (χ3v) is 13.5. The van der Waals surface area contributed by atoms with E-state index in [9.17, 15) is 25.9 Å². The first-order chi connectivity index (χ1) is 29.9. The average molecular weight is 927 g/mol. The zero-order valence-electron chi connectivity index (χ0n) is 34.9. The third kappa shape index (κ3) is 11.8. The summed E-state index contributed by atoms with van der Waals surface area (Å²) >= 11 is 0. The van der Waals surface area contributed by atoms with Gasteiger partial charge in [-0.25, -0.2) is 16.8 Å². The van der Waals surface area contributed by atoms with Crippen molar-refractivity contribution in [2.45, 2.75) is 10.5 Å². The number of ether oxygens (including phenoxy) is 2. The first-order valence-electron chi connectivity index (χ1n) is 19.4. The van der Waals surface area contributed by atoms with Crippen LogP contribution in [-0.4, -0.2) is 113 Å². The van der Waals surface area contributed by atoms with Gasteiger partial charge in [-0.05, 0) is 53.6 Å². The molecule has 3 aliphatic rings. The smallest absolute Gasteiger partial charge is 0.746 e. The molecule has 0 atom stereocenters. The van der Waals surface area contributed by atoms with Gasteiger partial charge in [-0.1, -0.05) is 66.8 Å². The molecule has 322 valence electrons. The standard InChI is InChI=1S/C40H42N12O8S2.2Na/c53-61(54,55)40(62(56,57)58)27-33(44-37-46-35(42-31-9-5-2-6-10-31)48-39(50-37)52-21-25-60-26-22-52)18-15-29(40)14-11-28-12-16-32(17-13-28)43-36-45-34(41-30-7-3-1-4-8-30)47-38(49-36)51-19-23-59-24-20-51;;/h1-18H,19-27H2,(H,53,54,55)(H,56,57,58)(H2,41,43,45,47,49)(H2,42,44,46,48,50);;/q;2*+1/p-2. The Morgan fingerprint density at radius 2 is 0.938 bits per heavy atom. The van der Waals surface area contributed by atoms with E-state index in [2.05, 4.69) is 51.2 Å². The molecule has 20 nitrogen and oxygen atoms in total. The molecule has 0 amide bonds. The number of benzene rings is 3. The van der Waals surface area contributed by atoms with E-state index in [0.29, 0.717) is 81.4 Å². The van der Waals surface area contributed by atoms with Gasteiger partial charge < -0.3 is 49.6 Å². The predicted octanol–water partition coefficient (Wildman–Crippen LogP) is -1.91. The molecule has 64 heavy (non-hydrogen) atoms. The fraction of sp³-hybridized carbons (Fsp3) is 0.250. The van der Waals surface area contributed by atoms with E-state index in [1.807, 2.05) is 58.3 Å². The van der Waals surface area contributed by atoms with Crippen LogP contribution in [0.25, 0.3) is 6.08 Å². The number of para-hydroxylation sites is 2. The number of nitrogens with zero attached hydrogens (tertiary/aromatic N) is 8. The van der Waals surface area contributed by atoms with Crippen molar-refractivity contribution in [2.75, 3.05) is 83.7 Å². The largest absolute Gasteiger partial charge is 1.00 e. The average Bonchev–Trinajstić information content (AvgIpc) is 3.27. The van der Waals surface area contributed by atoms with Crippen LogP contribution in [0.15, 0.2) is 114 Å². The van der Waals surface area contributed by atoms with Crippen LogP contribution in [0.1, 0.15) is 12.0 Å². The zero-order chi connectivity index (χ0) is 43.2. The number of aromatic nitrogens is 6. The molecule has 8 rings (SSSR count). The quantitative estimate of drug-likeness (QED) is 0.0700. The zero-order valence-corrected chi connectivity index (χ0v) is 40.5. The summed E-state index contributed by atoms with van der Waals surface area (Å²) in [6.45, 7) is 4.08. The Balaban J connectivity index is 0.00000340. The fourth-order valence-electron chi connectivity index (χ4n) is 6.79. The molecule has 2 fully saturated rings. The minimum Gasteiger partial charge on any atom is -0.746 e. The van der Waals surface area contributed by atoms with E-state index >= 15 is 0 Å². The van der Waals surface area contributed by atoms with Gasteiger partial charge in [0, 0.05) is 55.4 Å². The number of nitrogens with one attached hydrogen (secondary N) is 4. The fourth-order valence-corrected chi connectivity index (χ4v) is 9.30. The van der Waals surface area contributed by atoms with Gasteiger partial charge in [0.2, 0.25) is 35.7 Å². The molecule has 4 heterocycles. The van der Waals surface area contributed by atoms with Gasteiger partial charge in [-0.2, -0.15) is 29.9 Å². The molecule has 2 aliphatic heterocycles. The van der Waals surface area contributed by atoms with Gasteiger partial charge >= 0.3 is 59.1 Å². The third-order valence-electron chi connectivity index (χ3n) is 9.92. The number of morpholine rings is 2. The summed E-state index contributed by atoms with van der Waals surface area (Å²) in [5, 5.41) is 12.3. The molecule has 3 aromatic carbocycles. The maximum absolute atomic E-state index is 13.0. The van der Waals surface area contributed by atoms with Gasteiger partial charge in [0.25, 0.3) is 0 Å². The van der Waals surface area contributed by atoms with Gasteiger partial charge in [-0.15, -0.1) is 0 Å². The second-order valence-electron chi connectivity index (χ2n) is 14.1. The summed E-state index contributed by atoms with van der Waals surface area (Å²) < 4.78 is 85.5. The first kappa shape index (κ1) is 48.9.